The van der Waals surface area contributed by atoms with Crippen LogP contribution in [-0.2, 0) is 13.0 Å². The highest BCUT2D eigenvalue weighted by Gasteiger charge is 2.22. The third-order valence-electron chi connectivity index (χ3n) is 4.84. The SMILES string of the molecule is Cc1cc(CN2CCN(C(=O)NCCc3ccc4c(c3)OCO4)CC2)on1. The van der Waals surface area contributed by atoms with Crippen molar-refractivity contribution in [3.05, 3.63) is 41.3 Å². The summed E-state index contributed by atoms with van der Waals surface area (Å²) in [6.45, 7) is 6.60. The van der Waals surface area contributed by atoms with E-state index < -0.39 is 0 Å². The van der Waals surface area contributed by atoms with Crippen LogP contribution < -0.4 is 14.8 Å². The average Bonchev–Trinajstić information content (AvgIpc) is 3.30. The molecular formula is C19H24N4O4. The maximum atomic E-state index is 12.4. The highest BCUT2D eigenvalue weighted by atomic mass is 16.7. The van der Waals surface area contributed by atoms with E-state index in [1.54, 1.807) is 0 Å². The van der Waals surface area contributed by atoms with E-state index in [1.807, 2.05) is 36.1 Å². The minimum absolute atomic E-state index is 0.00842. The van der Waals surface area contributed by atoms with Gasteiger partial charge in [-0.25, -0.2) is 4.79 Å². The Morgan fingerprint density at radius 1 is 1.15 bits per heavy atom. The molecule has 1 aromatic heterocycles. The molecule has 4 rings (SSSR count). The Balaban J connectivity index is 1.18. The number of amides is 2. The summed E-state index contributed by atoms with van der Waals surface area (Å²) >= 11 is 0. The summed E-state index contributed by atoms with van der Waals surface area (Å²) in [4.78, 5) is 16.5. The van der Waals surface area contributed by atoms with E-state index in [1.165, 1.54) is 0 Å². The smallest absolute Gasteiger partial charge is 0.317 e. The second-order valence-corrected chi connectivity index (χ2v) is 6.87. The Hall–Kier alpha value is -2.74. The van der Waals surface area contributed by atoms with Gasteiger partial charge in [0.05, 0.1) is 12.2 Å². The molecule has 27 heavy (non-hydrogen) atoms. The lowest BCUT2D eigenvalue weighted by Gasteiger charge is -2.34. The van der Waals surface area contributed by atoms with E-state index in [-0.39, 0.29) is 12.8 Å². The molecule has 3 heterocycles. The van der Waals surface area contributed by atoms with Crippen LogP contribution >= 0.6 is 0 Å². The minimum Gasteiger partial charge on any atom is -0.454 e. The van der Waals surface area contributed by atoms with Gasteiger partial charge in [0.1, 0.15) is 0 Å². The van der Waals surface area contributed by atoms with Crippen LogP contribution in [0.4, 0.5) is 4.79 Å². The number of rotatable bonds is 5. The van der Waals surface area contributed by atoms with Crippen molar-refractivity contribution in [2.75, 3.05) is 39.5 Å². The number of hydrogen-bond donors (Lipinski definition) is 1. The van der Waals surface area contributed by atoms with Crippen molar-refractivity contribution in [3.8, 4) is 11.5 Å². The zero-order valence-corrected chi connectivity index (χ0v) is 15.4. The Labute approximate surface area is 158 Å². The molecule has 8 nitrogen and oxygen atoms in total. The lowest BCUT2D eigenvalue weighted by Crippen LogP contribution is -2.51. The number of benzene rings is 1. The molecule has 0 bridgehead atoms. The van der Waals surface area contributed by atoms with Gasteiger partial charge in [-0.05, 0) is 31.0 Å². The largest absolute Gasteiger partial charge is 0.454 e. The van der Waals surface area contributed by atoms with Crippen LogP contribution in [0.5, 0.6) is 11.5 Å². The van der Waals surface area contributed by atoms with Crippen LogP contribution in [0.3, 0.4) is 0 Å². The first-order valence-corrected chi connectivity index (χ1v) is 9.23. The zero-order chi connectivity index (χ0) is 18.6. The van der Waals surface area contributed by atoms with Gasteiger partial charge in [0.2, 0.25) is 6.79 Å². The van der Waals surface area contributed by atoms with Crippen LogP contribution in [0.15, 0.2) is 28.8 Å². The fourth-order valence-corrected chi connectivity index (χ4v) is 3.34. The number of nitrogens with one attached hydrogen (secondary N) is 1. The minimum atomic E-state index is -0.00842. The fourth-order valence-electron chi connectivity index (χ4n) is 3.34. The van der Waals surface area contributed by atoms with Crippen LogP contribution in [0.2, 0.25) is 0 Å². The number of ether oxygens (including phenoxy) is 2. The van der Waals surface area contributed by atoms with Gasteiger partial charge < -0.3 is 24.2 Å². The lowest BCUT2D eigenvalue weighted by molar-refractivity contribution is 0.128. The number of aryl methyl sites for hydroxylation is 1. The molecule has 144 valence electrons. The van der Waals surface area contributed by atoms with Gasteiger partial charge in [0, 0.05) is 38.8 Å². The van der Waals surface area contributed by atoms with Gasteiger partial charge in [-0.1, -0.05) is 11.2 Å². The molecule has 2 aliphatic heterocycles. The van der Waals surface area contributed by atoms with Crippen LogP contribution in [0.25, 0.3) is 0 Å². The normalized spacial score (nSPS) is 16.6. The van der Waals surface area contributed by atoms with E-state index in [0.29, 0.717) is 19.6 Å². The second kappa shape index (κ2) is 7.87. The summed E-state index contributed by atoms with van der Waals surface area (Å²) < 4.78 is 16.0. The average molecular weight is 372 g/mol. The van der Waals surface area contributed by atoms with Crippen molar-refractivity contribution in [3.63, 3.8) is 0 Å². The quantitative estimate of drug-likeness (QED) is 0.862. The number of carbonyl (C=O) groups excluding carboxylic acids is 1. The maximum Gasteiger partial charge on any atom is 0.317 e. The first-order valence-electron chi connectivity index (χ1n) is 9.23. The van der Waals surface area contributed by atoms with Crippen molar-refractivity contribution < 1.29 is 18.8 Å². The summed E-state index contributed by atoms with van der Waals surface area (Å²) in [5.41, 5.74) is 2.01. The number of piperazine rings is 1. The molecule has 0 spiro atoms. The number of aromatic nitrogens is 1. The second-order valence-electron chi connectivity index (χ2n) is 6.87. The summed E-state index contributed by atoms with van der Waals surface area (Å²) in [6.07, 6.45) is 0.757. The Bertz CT molecular complexity index is 799. The number of hydrogen-bond acceptors (Lipinski definition) is 6. The summed E-state index contributed by atoms with van der Waals surface area (Å²) in [7, 11) is 0. The Kier molecular flexibility index (Phi) is 5.15. The number of urea groups is 1. The molecular weight excluding hydrogens is 348 g/mol. The molecule has 0 aliphatic carbocycles. The van der Waals surface area contributed by atoms with E-state index in [0.717, 1.165) is 54.6 Å². The molecule has 2 amide bonds. The van der Waals surface area contributed by atoms with E-state index in [9.17, 15) is 4.79 Å². The molecule has 1 aromatic carbocycles. The first kappa shape index (κ1) is 17.7. The van der Waals surface area contributed by atoms with Crippen molar-refractivity contribution in [2.24, 2.45) is 0 Å². The maximum absolute atomic E-state index is 12.4. The van der Waals surface area contributed by atoms with E-state index in [2.05, 4.69) is 15.4 Å². The van der Waals surface area contributed by atoms with Crippen molar-refractivity contribution >= 4 is 6.03 Å². The highest BCUT2D eigenvalue weighted by Crippen LogP contribution is 2.32. The molecule has 0 atom stereocenters. The predicted molar refractivity (Wildman–Crippen MR) is 97.8 cm³/mol. The fraction of sp³-hybridized carbons (Fsp3) is 0.474. The monoisotopic (exact) mass is 372 g/mol. The number of carbonyl (C=O) groups is 1. The molecule has 1 fully saturated rings. The van der Waals surface area contributed by atoms with Gasteiger partial charge in [-0.2, -0.15) is 0 Å². The van der Waals surface area contributed by atoms with Gasteiger partial charge in [-0.15, -0.1) is 0 Å². The topological polar surface area (TPSA) is 80.1 Å². The van der Waals surface area contributed by atoms with Gasteiger partial charge in [0.15, 0.2) is 17.3 Å². The summed E-state index contributed by atoms with van der Waals surface area (Å²) in [6, 6.07) is 7.83. The Morgan fingerprint density at radius 2 is 1.96 bits per heavy atom. The molecule has 8 heteroatoms. The zero-order valence-electron chi connectivity index (χ0n) is 15.4. The van der Waals surface area contributed by atoms with Gasteiger partial charge in [0.25, 0.3) is 0 Å². The molecule has 1 saturated heterocycles. The molecule has 2 aliphatic rings. The summed E-state index contributed by atoms with van der Waals surface area (Å²) in [5.74, 6) is 2.42. The third kappa shape index (κ3) is 4.33. The van der Waals surface area contributed by atoms with Crippen molar-refractivity contribution in [1.29, 1.82) is 0 Å². The highest BCUT2D eigenvalue weighted by molar-refractivity contribution is 5.74. The van der Waals surface area contributed by atoms with Crippen LogP contribution in [0.1, 0.15) is 17.0 Å². The number of fused-ring (bicyclic) bond motifs is 1. The van der Waals surface area contributed by atoms with Crippen molar-refractivity contribution in [1.82, 2.24) is 20.3 Å². The van der Waals surface area contributed by atoms with Gasteiger partial charge >= 0.3 is 6.03 Å². The molecule has 0 unspecified atom stereocenters. The summed E-state index contributed by atoms with van der Waals surface area (Å²) in [5, 5.41) is 6.92. The molecule has 2 aromatic rings. The third-order valence-corrected chi connectivity index (χ3v) is 4.84. The standard InChI is InChI=1S/C19H24N4O4/c1-14-10-16(27-21-14)12-22-6-8-23(9-7-22)19(24)20-5-4-15-2-3-17-18(11-15)26-13-25-17/h2-3,10-11H,4-9,12-13H2,1H3,(H,20,24). The number of nitrogens with zero attached hydrogens (tertiary/aromatic N) is 3. The Morgan fingerprint density at radius 3 is 2.74 bits per heavy atom. The van der Waals surface area contributed by atoms with Crippen molar-refractivity contribution in [2.45, 2.75) is 19.9 Å². The van der Waals surface area contributed by atoms with Gasteiger partial charge in [-0.3, -0.25) is 4.90 Å². The molecule has 0 saturated carbocycles. The first-order chi connectivity index (χ1) is 13.2. The van der Waals surface area contributed by atoms with Crippen LogP contribution in [0, 0.1) is 6.92 Å². The van der Waals surface area contributed by atoms with E-state index >= 15 is 0 Å². The predicted octanol–water partition coefficient (Wildman–Crippen LogP) is 1.78. The lowest BCUT2D eigenvalue weighted by atomic mass is 10.1. The molecule has 1 N–H and O–H groups in total. The van der Waals surface area contributed by atoms with Crippen LogP contribution in [-0.4, -0.2) is 60.5 Å². The van der Waals surface area contributed by atoms with E-state index in [4.69, 9.17) is 14.0 Å². The molecule has 0 radical (unpaired) electrons.